The third-order valence-electron chi connectivity index (χ3n) is 3.51. The molecule has 8 heteroatoms. The van der Waals surface area contributed by atoms with Crippen LogP contribution < -0.4 is 11.1 Å². The second-order valence-electron chi connectivity index (χ2n) is 4.95. The minimum Gasteiger partial charge on any atom is -0.369 e. The summed E-state index contributed by atoms with van der Waals surface area (Å²) in [5, 5.41) is 2.62. The highest BCUT2D eigenvalue weighted by molar-refractivity contribution is 5.94. The molecule has 1 saturated carbocycles. The molecule has 1 aliphatic rings. The average Bonchev–Trinajstić information content (AvgIpc) is 2.86. The lowest BCUT2D eigenvalue weighted by molar-refractivity contribution is -0.141. The maximum Gasteiger partial charge on any atom is 0.433 e. The van der Waals surface area contributed by atoms with E-state index in [9.17, 15) is 22.8 Å². The molecule has 114 valence electrons. The largest absolute Gasteiger partial charge is 0.433 e. The topological polar surface area (TPSA) is 85.1 Å². The van der Waals surface area contributed by atoms with Gasteiger partial charge in [-0.3, -0.25) is 14.6 Å². The van der Waals surface area contributed by atoms with Crippen LogP contribution in [0.5, 0.6) is 0 Å². The van der Waals surface area contributed by atoms with Crippen LogP contribution in [0.1, 0.15) is 35.3 Å². The van der Waals surface area contributed by atoms with E-state index in [1.165, 1.54) is 0 Å². The van der Waals surface area contributed by atoms with Gasteiger partial charge in [-0.05, 0) is 25.0 Å². The third kappa shape index (κ3) is 3.50. The summed E-state index contributed by atoms with van der Waals surface area (Å²) >= 11 is 0. The fraction of sp³-hybridized carbons (Fsp3) is 0.462. The smallest absolute Gasteiger partial charge is 0.369 e. The summed E-state index contributed by atoms with van der Waals surface area (Å²) in [5.74, 6) is -1.48. The van der Waals surface area contributed by atoms with Crippen LogP contribution >= 0.6 is 0 Å². The second-order valence-corrected chi connectivity index (χ2v) is 4.95. The monoisotopic (exact) mass is 301 g/mol. The molecular formula is C13H14F3N3O2. The van der Waals surface area contributed by atoms with Gasteiger partial charge in [0.25, 0.3) is 5.91 Å². The van der Waals surface area contributed by atoms with Gasteiger partial charge in [-0.25, -0.2) is 0 Å². The van der Waals surface area contributed by atoms with Crippen LogP contribution in [-0.4, -0.2) is 22.8 Å². The predicted molar refractivity (Wildman–Crippen MR) is 67.0 cm³/mol. The zero-order chi connectivity index (χ0) is 15.6. The highest BCUT2D eigenvalue weighted by Gasteiger charge is 2.34. The highest BCUT2D eigenvalue weighted by Crippen LogP contribution is 2.28. The molecule has 1 aliphatic carbocycles. The van der Waals surface area contributed by atoms with Crippen LogP contribution in [0.2, 0.25) is 0 Å². The van der Waals surface area contributed by atoms with Gasteiger partial charge < -0.3 is 11.1 Å². The van der Waals surface area contributed by atoms with Crippen LogP contribution in [0.15, 0.2) is 18.3 Å². The number of hydrogen-bond acceptors (Lipinski definition) is 3. The van der Waals surface area contributed by atoms with Gasteiger partial charge in [-0.15, -0.1) is 0 Å². The zero-order valence-electron chi connectivity index (χ0n) is 11.0. The van der Waals surface area contributed by atoms with Crippen molar-refractivity contribution in [2.45, 2.75) is 31.5 Å². The Morgan fingerprint density at radius 3 is 2.52 bits per heavy atom. The number of carbonyl (C=O) groups excluding carboxylic acids is 2. The molecule has 0 bridgehead atoms. The molecule has 0 radical (unpaired) electrons. The first-order valence-electron chi connectivity index (χ1n) is 6.42. The van der Waals surface area contributed by atoms with E-state index in [-0.39, 0.29) is 11.6 Å². The number of carbonyl (C=O) groups is 2. The predicted octanol–water partition coefficient (Wildman–Crippen LogP) is 1.48. The molecule has 2 rings (SSSR count). The molecule has 1 aromatic rings. The Bertz CT molecular complexity index is 543. The third-order valence-corrected chi connectivity index (χ3v) is 3.51. The molecule has 0 aromatic carbocycles. The van der Waals surface area contributed by atoms with Crippen molar-refractivity contribution in [2.75, 3.05) is 0 Å². The molecule has 21 heavy (non-hydrogen) atoms. The fourth-order valence-corrected chi connectivity index (χ4v) is 2.42. The lowest BCUT2D eigenvalue weighted by Crippen LogP contribution is -2.42. The molecule has 5 nitrogen and oxygen atoms in total. The van der Waals surface area contributed by atoms with E-state index in [4.69, 9.17) is 5.73 Å². The van der Waals surface area contributed by atoms with E-state index in [0.29, 0.717) is 12.8 Å². The van der Waals surface area contributed by atoms with E-state index in [0.717, 1.165) is 24.8 Å². The van der Waals surface area contributed by atoms with E-state index in [1.54, 1.807) is 0 Å². The van der Waals surface area contributed by atoms with E-state index in [2.05, 4.69) is 10.3 Å². The Balaban J connectivity index is 2.05. The number of hydrogen-bond donors (Lipinski definition) is 2. The quantitative estimate of drug-likeness (QED) is 0.887. The van der Waals surface area contributed by atoms with Gasteiger partial charge in [0, 0.05) is 12.2 Å². The van der Waals surface area contributed by atoms with Crippen LogP contribution in [0, 0.1) is 5.92 Å². The van der Waals surface area contributed by atoms with E-state index >= 15 is 0 Å². The van der Waals surface area contributed by atoms with Crippen LogP contribution in [-0.2, 0) is 11.0 Å². The Kier molecular flexibility index (Phi) is 4.15. The normalized spacial score (nSPS) is 22.0. The summed E-state index contributed by atoms with van der Waals surface area (Å²) < 4.78 is 37.1. The minimum absolute atomic E-state index is 0.0121. The lowest BCUT2D eigenvalue weighted by atomic mass is 10.0. The summed E-state index contributed by atoms with van der Waals surface area (Å²) in [5.41, 5.74) is 4.19. The summed E-state index contributed by atoms with van der Waals surface area (Å²) in [6.45, 7) is 0. The van der Waals surface area contributed by atoms with Gasteiger partial charge in [0.1, 0.15) is 5.69 Å². The van der Waals surface area contributed by atoms with Crippen LogP contribution in [0.25, 0.3) is 0 Å². The molecule has 3 N–H and O–H groups in total. The second kappa shape index (κ2) is 5.71. The number of alkyl halides is 3. The summed E-state index contributed by atoms with van der Waals surface area (Å²) in [6, 6.07) is 1.42. The van der Waals surface area contributed by atoms with Gasteiger partial charge in [-0.2, -0.15) is 13.2 Å². The number of amides is 2. The van der Waals surface area contributed by atoms with Crippen molar-refractivity contribution >= 4 is 11.8 Å². The number of nitrogens with zero attached hydrogens (tertiary/aromatic N) is 1. The fourth-order valence-electron chi connectivity index (χ4n) is 2.42. The lowest BCUT2D eigenvalue weighted by Gasteiger charge is -2.18. The number of aromatic nitrogens is 1. The number of rotatable bonds is 3. The highest BCUT2D eigenvalue weighted by atomic mass is 19.4. The number of pyridine rings is 1. The van der Waals surface area contributed by atoms with Crippen LogP contribution in [0.3, 0.4) is 0 Å². The van der Waals surface area contributed by atoms with Crippen molar-refractivity contribution < 1.29 is 22.8 Å². The first-order chi connectivity index (χ1) is 9.79. The average molecular weight is 301 g/mol. The maximum atomic E-state index is 12.4. The summed E-state index contributed by atoms with van der Waals surface area (Å²) in [6.07, 6.45) is -1.69. The Morgan fingerprint density at radius 2 is 2.00 bits per heavy atom. The van der Waals surface area contributed by atoms with Crippen molar-refractivity contribution in [2.24, 2.45) is 11.7 Å². The zero-order valence-corrected chi connectivity index (χ0v) is 11.0. The van der Waals surface area contributed by atoms with Gasteiger partial charge in [0.2, 0.25) is 5.91 Å². The number of nitrogens with one attached hydrogen (secondary N) is 1. The van der Waals surface area contributed by atoms with Gasteiger partial charge in [-0.1, -0.05) is 6.42 Å². The summed E-state index contributed by atoms with van der Waals surface area (Å²) in [7, 11) is 0. The molecule has 1 fully saturated rings. The van der Waals surface area contributed by atoms with Crippen molar-refractivity contribution in [3.63, 3.8) is 0 Å². The van der Waals surface area contributed by atoms with Gasteiger partial charge in [0.05, 0.1) is 11.5 Å². The molecule has 2 amide bonds. The number of primary amides is 1. The molecule has 2 atom stereocenters. The van der Waals surface area contributed by atoms with E-state index < -0.39 is 29.6 Å². The molecule has 2 unspecified atom stereocenters. The number of nitrogens with two attached hydrogens (primary N) is 1. The molecular weight excluding hydrogens is 287 g/mol. The maximum absolute atomic E-state index is 12.4. The molecule has 1 aromatic heterocycles. The van der Waals surface area contributed by atoms with Gasteiger partial charge >= 0.3 is 6.18 Å². The molecule has 0 saturated heterocycles. The van der Waals surface area contributed by atoms with Crippen molar-refractivity contribution in [1.29, 1.82) is 0 Å². The van der Waals surface area contributed by atoms with E-state index in [1.807, 2.05) is 0 Å². The van der Waals surface area contributed by atoms with Crippen molar-refractivity contribution in [3.8, 4) is 0 Å². The summed E-state index contributed by atoms with van der Waals surface area (Å²) in [4.78, 5) is 26.4. The van der Waals surface area contributed by atoms with Crippen molar-refractivity contribution in [3.05, 3.63) is 29.6 Å². The van der Waals surface area contributed by atoms with Crippen LogP contribution in [0.4, 0.5) is 13.2 Å². The standard InChI is InChI=1S/C13H14F3N3O2/c14-13(15,16)10-5-4-7(6-18-10)12(21)19-9-3-1-2-8(9)11(17)20/h4-6,8-9H,1-3H2,(H2,17,20)(H,19,21). The van der Waals surface area contributed by atoms with Gasteiger partial charge in [0.15, 0.2) is 0 Å². The SMILES string of the molecule is NC(=O)C1CCCC1NC(=O)c1ccc(C(F)(F)F)nc1. The minimum atomic E-state index is -4.54. The number of halogens is 3. The first kappa shape index (κ1) is 15.3. The first-order valence-corrected chi connectivity index (χ1v) is 6.42. The molecule has 0 aliphatic heterocycles. The Morgan fingerprint density at radius 1 is 1.29 bits per heavy atom. The molecule has 1 heterocycles. The Hall–Kier alpha value is -2.12. The Labute approximate surface area is 118 Å². The van der Waals surface area contributed by atoms with Crippen molar-refractivity contribution in [1.82, 2.24) is 10.3 Å². The molecule has 0 spiro atoms.